The van der Waals surface area contributed by atoms with Crippen molar-refractivity contribution in [1.29, 1.82) is 0 Å². The Hall–Kier alpha value is -6.47. The van der Waals surface area contributed by atoms with E-state index in [2.05, 4.69) is 57.3 Å². The van der Waals surface area contributed by atoms with Crippen LogP contribution >= 0.6 is 0 Å². The lowest BCUT2D eigenvalue weighted by Crippen LogP contribution is -2.63. The van der Waals surface area contributed by atoms with Crippen LogP contribution in [0.25, 0.3) is 33.3 Å². The Labute approximate surface area is 455 Å². The van der Waals surface area contributed by atoms with Gasteiger partial charge in [0.05, 0.1) is 47.8 Å². The lowest BCUT2D eigenvalue weighted by atomic mass is 9.84. The van der Waals surface area contributed by atoms with Gasteiger partial charge in [0, 0.05) is 94.3 Å². The minimum absolute atomic E-state index is 0.0954. The first-order valence-electron chi connectivity index (χ1n) is 27.5. The number of methoxy groups -OCH3 is 1. The van der Waals surface area contributed by atoms with Crippen molar-refractivity contribution in [2.24, 2.45) is 23.2 Å². The molecule has 1 aliphatic carbocycles. The molecule has 3 amide bonds. The molecule has 5 aliphatic rings. The zero-order valence-electron chi connectivity index (χ0n) is 46.2. The van der Waals surface area contributed by atoms with Crippen molar-refractivity contribution in [2.45, 2.75) is 110 Å². The number of hydrazine groups is 1. The lowest BCUT2D eigenvalue weighted by molar-refractivity contribution is -0.156. The number of pyridine rings is 1. The number of nitrogens with one attached hydrogen (secondary N) is 2. The number of hydrogen-bond donors (Lipinski definition) is 3. The van der Waals surface area contributed by atoms with Crippen molar-refractivity contribution in [3.05, 3.63) is 101 Å². The number of ether oxygens (including phenoxy) is 3. The fourth-order valence-electron chi connectivity index (χ4n) is 12.6. The summed E-state index contributed by atoms with van der Waals surface area (Å²) in [7, 11) is 5.33. The number of aromatic hydroxyl groups is 1. The Morgan fingerprint density at radius 2 is 1.74 bits per heavy atom. The summed E-state index contributed by atoms with van der Waals surface area (Å²) in [4.78, 5) is 69.8. The summed E-state index contributed by atoms with van der Waals surface area (Å²) in [5.74, 6) is -9.60. The second-order valence-electron chi connectivity index (χ2n) is 23.3. The molecule has 78 heavy (non-hydrogen) atoms. The van der Waals surface area contributed by atoms with Gasteiger partial charge in [0.25, 0.3) is 17.7 Å². The molecule has 1 saturated carbocycles. The predicted octanol–water partition coefficient (Wildman–Crippen LogP) is 7.36. The topological polar surface area (TPSA) is 171 Å². The maximum absolute atomic E-state index is 15.9. The highest BCUT2D eigenvalue weighted by molar-refractivity contribution is 5.96. The molecule has 18 heteroatoms. The van der Waals surface area contributed by atoms with Crippen LogP contribution in [-0.2, 0) is 52.8 Å². The molecule has 8 unspecified atom stereocenters. The second-order valence-corrected chi connectivity index (χ2v) is 23.3. The normalized spacial score (nSPS) is 25.0. The Bertz CT molecular complexity index is 3090. The highest BCUT2D eigenvalue weighted by Crippen LogP contribution is 2.59. The average Bonchev–Trinajstić information content (AvgIpc) is 3.65. The number of fused-ring (bicyclic) bond motifs is 8. The zero-order chi connectivity index (χ0) is 55.5. The minimum atomic E-state index is -3.29. The lowest BCUT2D eigenvalue weighted by Gasteiger charge is -2.36. The van der Waals surface area contributed by atoms with Gasteiger partial charge >= 0.3 is 5.97 Å². The molecule has 8 atom stereocenters. The SMILES string of the molecule is CCn1c(-c2cc(N3CCN(C)CC3)cnc2C(C)OC)c2c3cc(ccc31)-c1cc(O)cc(c1)CC(NC(=O)C(C(C)C)N(C)C(=O)C1OCCC1c1ccccc1)C(=O)N1CC3C(C(N1)C(=O)OCC(C)(C)C2)C3(F)F. The summed E-state index contributed by atoms with van der Waals surface area (Å²) < 4.78 is 52.1. The Morgan fingerprint density at radius 3 is 2.45 bits per heavy atom. The maximum Gasteiger partial charge on any atom is 0.325 e. The van der Waals surface area contributed by atoms with Crippen LogP contribution in [0.3, 0.4) is 0 Å². The standard InChI is InChI=1S/C60H74F2N8O8/c1-10-69-48-17-16-38-28-43(48)45(53(69)44-29-40(31-63-50(44)35(4)76-9)68-21-19-66(7)20-22-68)30-59(5,6)33-78-58(75)51-49-46(60(49,61)62)32-70(65-51)56(73)47(26-36-24-39(38)27-41(71)25-36)64-55(72)52(34(2)3)67(8)57(74)54-42(18-23-77-54)37-14-12-11-13-15-37/h11-17,24-25,27-29,31,34-35,42,46-47,49,51-52,54,65,71H,10,18-23,26,30,32-33H2,1-9H3,(H,64,72). The highest BCUT2D eigenvalue weighted by atomic mass is 19.3. The molecule has 16 nitrogen and oxygen atoms in total. The molecule has 3 saturated heterocycles. The third-order valence-electron chi connectivity index (χ3n) is 16.9. The molecule has 3 N–H and O–H groups in total. The number of phenols is 1. The highest BCUT2D eigenvalue weighted by Gasteiger charge is 2.75. The molecule has 4 fully saturated rings. The summed E-state index contributed by atoms with van der Waals surface area (Å²) in [6.45, 7) is 15.5. The number of benzene rings is 3. The first kappa shape index (κ1) is 54.9. The second kappa shape index (κ2) is 21.6. The smallest absolute Gasteiger partial charge is 0.325 e. The summed E-state index contributed by atoms with van der Waals surface area (Å²) in [5, 5.41) is 16.4. The number of piperazine rings is 1. The fraction of sp³-hybridized carbons (Fsp3) is 0.517. The Morgan fingerprint density at radius 1 is 1.00 bits per heavy atom. The van der Waals surface area contributed by atoms with Crippen LogP contribution in [0.5, 0.6) is 5.75 Å². The minimum Gasteiger partial charge on any atom is -0.508 e. The summed E-state index contributed by atoms with van der Waals surface area (Å²) in [6, 6.07) is 18.9. The van der Waals surface area contributed by atoms with Crippen LogP contribution in [0.15, 0.2) is 79.0 Å². The fourth-order valence-corrected chi connectivity index (χ4v) is 12.6. The number of carbonyl (C=O) groups is 4. The van der Waals surface area contributed by atoms with Gasteiger partial charge in [-0.05, 0) is 97.8 Å². The van der Waals surface area contributed by atoms with Gasteiger partial charge in [-0.2, -0.15) is 0 Å². The van der Waals surface area contributed by atoms with Gasteiger partial charge in [0.2, 0.25) is 5.91 Å². The van der Waals surface area contributed by atoms with Gasteiger partial charge in [0.15, 0.2) is 0 Å². The molecule has 6 heterocycles. The summed E-state index contributed by atoms with van der Waals surface area (Å²) >= 11 is 0. The number of rotatable bonds is 11. The molecule has 2 aromatic heterocycles. The van der Waals surface area contributed by atoms with Crippen LogP contribution in [0, 0.1) is 23.2 Å². The van der Waals surface area contributed by atoms with Crippen molar-refractivity contribution in [1.82, 2.24) is 35.1 Å². The van der Waals surface area contributed by atoms with E-state index >= 15 is 13.6 Å². The van der Waals surface area contributed by atoms with Crippen molar-refractivity contribution in [2.75, 3.05) is 72.0 Å². The van der Waals surface area contributed by atoms with E-state index < -0.39 is 83.6 Å². The van der Waals surface area contributed by atoms with Gasteiger partial charge in [-0.25, -0.2) is 14.2 Å². The monoisotopic (exact) mass is 1070 g/mol. The molecule has 4 aliphatic heterocycles. The molecule has 0 radical (unpaired) electrons. The maximum atomic E-state index is 15.9. The van der Waals surface area contributed by atoms with Gasteiger partial charge in [0.1, 0.15) is 30.0 Å². The molecule has 10 rings (SSSR count). The third-order valence-corrected chi connectivity index (χ3v) is 16.9. The van der Waals surface area contributed by atoms with E-state index in [1.54, 1.807) is 34.1 Å². The van der Waals surface area contributed by atoms with E-state index in [9.17, 15) is 19.5 Å². The Balaban J connectivity index is 1.07. The van der Waals surface area contributed by atoms with Crippen LogP contribution < -0.4 is 15.6 Å². The van der Waals surface area contributed by atoms with Gasteiger partial charge < -0.3 is 43.9 Å². The largest absolute Gasteiger partial charge is 0.508 e. The molecule has 0 spiro atoms. The van der Waals surface area contributed by atoms with Crippen LogP contribution in [0.2, 0.25) is 0 Å². The van der Waals surface area contributed by atoms with Crippen molar-refractivity contribution >= 4 is 40.3 Å². The number of hydrogen-bond acceptors (Lipinski definition) is 12. The molecule has 5 aromatic rings. The van der Waals surface area contributed by atoms with E-state index in [1.807, 2.05) is 69.4 Å². The van der Waals surface area contributed by atoms with Gasteiger partial charge in [-0.3, -0.25) is 29.2 Å². The van der Waals surface area contributed by atoms with E-state index in [0.29, 0.717) is 37.1 Å². The molecular formula is C60H74F2N8O8. The van der Waals surface area contributed by atoms with Crippen molar-refractivity contribution in [3.8, 4) is 28.1 Å². The first-order valence-corrected chi connectivity index (χ1v) is 27.5. The van der Waals surface area contributed by atoms with Crippen molar-refractivity contribution < 1.29 is 47.3 Å². The van der Waals surface area contributed by atoms with Gasteiger partial charge in [-0.15, -0.1) is 0 Å². The third kappa shape index (κ3) is 10.5. The predicted molar refractivity (Wildman–Crippen MR) is 293 cm³/mol. The summed E-state index contributed by atoms with van der Waals surface area (Å²) in [5.41, 5.74) is 10.3. The van der Waals surface area contributed by atoms with Crippen LogP contribution in [-0.4, -0.2) is 150 Å². The van der Waals surface area contributed by atoms with Crippen LogP contribution in [0.1, 0.15) is 82.4 Å². The number of carbonyl (C=O) groups excluding carboxylic acids is 4. The van der Waals surface area contributed by atoms with E-state index in [4.69, 9.17) is 19.2 Å². The quantitative estimate of drug-likeness (QED) is 0.113. The average molecular weight is 1070 g/mol. The molecule has 6 bridgehead atoms. The van der Waals surface area contributed by atoms with E-state index in [-0.39, 0.29) is 30.8 Å². The number of halogens is 2. The summed E-state index contributed by atoms with van der Waals surface area (Å²) in [6.07, 6.45) is 1.51. The number of likely N-dealkylation sites (N-methyl/N-ethyl adjacent to an activating group) is 2. The number of aromatic nitrogens is 2. The van der Waals surface area contributed by atoms with E-state index in [0.717, 1.165) is 81.4 Å². The first-order chi connectivity index (χ1) is 37.2. The number of alkyl halides is 2. The number of nitrogens with zero attached hydrogens (tertiary/aromatic N) is 6. The van der Waals surface area contributed by atoms with Gasteiger partial charge in [-0.1, -0.05) is 70.2 Å². The number of phenolic OH excluding ortho intramolecular Hbond substituents is 1. The molecular weight excluding hydrogens is 999 g/mol. The molecule has 416 valence electrons. The number of amides is 3. The Kier molecular flexibility index (Phi) is 15.2. The number of cyclic esters (lactones) is 1. The molecule has 3 aromatic carbocycles. The number of aryl methyl sites for hydroxylation is 1. The van der Waals surface area contributed by atoms with Crippen molar-refractivity contribution in [3.63, 3.8) is 0 Å². The number of esters is 1. The zero-order valence-corrected chi connectivity index (χ0v) is 46.2. The van der Waals surface area contributed by atoms with E-state index in [1.165, 1.54) is 11.0 Å². The van der Waals surface area contributed by atoms with Crippen LogP contribution in [0.4, 0.5) is 14.5 Å². The number of anilines is 1.